The number of Topliss-reactive ketones (excluding diaryl/α,β-unsaturated/α-hetero) is 1. The monoisotopic (exact) mass is 648 g/mol. The first kappa shape index (κ1) is 33.8. The summed E-state index contributed by atoms with van der Waals surface area (Å²) in [6.07, 6.45) is -0.0519. The second-order valence-electron chi connectivity index (χ2n) is 12.8. The summed E-state index contributed by atoms with van der Waals surface area (Å²) >= 11 is 0. The first-order valence-electron chi connectivity index (χ1n) is 14.8. The summed E-state index contributed by atoms with van der Waals surface area (Å²) in [7, 11) is 0. The van der Waals surface area contributed by atoms with Crippen LogP contribution in [-0.4, -0.2) is 91.4 Å². The van der Waals surface area contributed by atoms with Gasteiger partial charge in [0.05, 0.1) is 24.2 Å². The fourth-order valence-electron chi connectivity index (χ4n) is 8.11. The number of benzene rings is 1. The van der Waals surface area contributed by atoms with Crippen LogP contribution in [-0.2, 0) is 30.6 Å². The van der Waals surface area contributed by atoms with Gasteiger partial charge in [0.1, 0.15) is 12.3 Å². The maximum atomic E-state index is 17.2. The molecule has 1 aromatic rings. The lowest BCUT2D eigenvalue weighted by Crippen LogP contribution is -2.69. The van der Waals surface area contributed by atoms with E-state index in [9.17, 15) is 34.5 Å². The van der Waals surface area contributed by atoms with Crippen molar-refractivity contribution in [1.82, 2.24) is 10.7 Å². The molecule has 1 aromatic carbocycles. The Balaban J connectivity index is 1.19. The van der Waals surface area contributed by atoms with E-state index in [1.165, 1.54) is 49.4 Å². The maximum Gasteiger partial charge on any atom is 0.413 e. The Morgan fingerprint density at radius 1 is 1.09 bits per heavy atom. The predicted molar refractivity (Wildman–Crippen MR) is 151 cm³/mol. The number of fused-ring (bicyclic) bond motifs is 5. The molecular weight excluding hydrogens is 611 g/mol. The van der Waals surface area contributed by atoms with Gasteiger partial charge in [-0.3, -0.25) is 24.8 Å². The van der Waals surface area contributed by atoms with E-state index in [1.807, 2.05) is 0 Å². The number of nitrogens with zero attached hydrogens (tertiary/aromatic N) is 1. The number of aliphatic hydroxyl groups excluding tert-OH is 2. The van der Waals surface area contributed by atoms with Gasteiger partial charge in [0.25, 0.3) is 0 Å². The van der Waals surface area contributed by atoms with Crippen LogP contribution in [0.2, 0.25) is 0 Å². The molecule has 1 unspecified atom stereocenters. The summed E-state index contributed by atoms with van der Waals surface area (Å²) in [5.74, 6) is -3.82. The molecule has 0 bridgehead atoms. The number of esters is 1. The molecule has 0 aliphatic heterocycles. The number of hydrogen-bond donors (Lipinski definition) is 6. The SMILES string of the molecule is C[C@]12C=CC(=O)C=C1CC[C@H]1[C@@H]3CC(O)[C@](O)(C(=O)COC(=O)CNC(=O)Oc4ccc(CON(O)O)cc4)[C@@]3(C)C[C@H](O)[C@@]12F. The third-order valence-corrected chi connectivity index (χ3v) is 10.5. The third kappa shape index (κ3) is 5.45. The Hall–Kier alpha value is -3.57. The van der Waals surface area contributed by atoms with Crippen molar-refractivity contribution >= 4 is 23.6 Å². The zero-order valence-electron chi connectivity index (χ0n) is 25.2. The molecule has 15 heteroatoms. The molecule has 8 atom stereocenters. The first-order valence-corrected chi connectivity index (χ1v) is 14.8. The van der Waals surface area contributed by atoms with Gasteiger partial charge < -0.3 is 30.1 Å². The molecule has 14 nitrogen and oxygen atoms in total. The van der Waals surface area contributed by atoms with E-state index in [2.05, 4.69) is 10.2 Å². The largest absolute Gasteiger partial charge is 0.456 e. The smallest absolute Gasteiger partial charge is 0.413 e. The van der Waals surface area contributed by atoms with Crippen LogP contribution < -0.4 is 10.1 Å². The van der Waals surface area contributed by atoms with Crippen molar-refractivity contribution in [3.05, 3.63) is 53.6 Å². The third-order valence-electron chi connectivity index (χ3n) is 10.5. The zero-order chi connectivity index (χ0) is 33.7. The molecule has 3 saturated carbocycles. The van der Waals surface area contributed by atoms with Gasteiger partial charge in [-0.1, -0.05) is 30.7 Å². The zero-order valence-corrected chi connectivity index (χ0v) is 25.2. The van der Waals surface area contributed by atoms with Crippen molar-refractivity contribution < 1.29 is 63.6 Å². The standard InChI is InChI=1S/C31H37FN2O12/c1-28-10-9-19(35)11-18(28)5-8-21-22-12-23(36)31(41,29(22,2)13-24(37)30(21,28)32)25(38)16-44-26(39)14-33-27(40)46-20-6-3-17(4-7-20)15-45-34(42)43/h3-4,6-7,9-11,21-24,36-37,41-43H,5,8,12-16H2,1-2H3,(H,33,40)/t21-,22-,23?,24-,28-,29-,30-,31-/m0/s1. The van der Waals surface area contributed by atoms with Gasteiger partial charge >= 0.3 is 12.1 Å². The summed E-state index contributed by atoms with van der Waals surface area (Å²) < 4.78 is 27.3. The lowest BCUT2D eigenvalue weighted by atomic mass is 9.44. The van der Waals surface area contributed by atoms with Crippen LogP contribution in [0.3, 0.4) is 0 Å². The number of hydrogen-bond acceptors (Lipinski definition) is 13. The van der Waals surface area contributed by atoms with Crippen LogP contribution in [0.4, 0.5) is 9.18 Å². The Morgan fingerprint density at radius 2 is 1.78 bits per heavy atom. The fourth-order valence-corrected chi connectivity index (χ4v) is 8.11. The average Bonchev–Trinajstić information content (AvgIpc) is 3.20. The minimum atomic E-state index is -2.47. The molecule has 4 aliphatic carbocycles. The minimum absolute atomic E-state index is 0.0917. The number of rotatable bonds is 9. The molecule has 4 aliphatic rings. The van der Waals surface area contributed by atoms with Gasteiger partial charge in [0, 0.05) is 16.7 Å². The molecule has 3 fully saturated rings. The van der Waals surface area contributed by atoms with E-state index in [4.69, 9.17) is 19.9 Å². The predicted octanol–water partition coefficient (Wildman–Crippen LogP) is 1.47. The topological polar surface area (TPSA) is 212 Å². The van der Waals surface area contributed by atoms with Crippen molar-refractivity contribution in [3.8, 4) is 5.75 Å². The highest BCUT2D eigenvalue weighted by Crippen LogP contribution is 2.69. The van der Waals surface area contributed by atoms with Crippen molar-refractivity contribution in [1.29, 1.82) is 0 Å². The van der Waals surface area contributed by atoms with E-state index < -0.39 is 82.5 Å². The Bertz CT molecular complexity index is 1470. The quantitative estimate of drug-likeness (QED) is 0.166. The maximum absolute atomic E-state index is 17.2. The van der Waals surface area contributed by atoms with Gasteiger partial charge in [-0.2, -0.15) is 0 Å². The van der Waals surface area contributed by atoms with E-state index >= 15 is 4.39 Å². The van der Waals surface area contributed by atoms with Crippen LogP contribution in [0.1, 0.15) is 45.1 Å². The van der Waals surface area contributed by atoms with Crippen molar-refractivity contribution in [3.63, 3.8) is 0 Å². The lowest BCUT2D eigenvalue weighted by molar-refractivity contribution is -0.497. The van der Waals surface area contributed by atoms with Crippen molar-refractivity contribution in [2.24, 2.45) is 22.7 Å². The van der Waals surface area contributed by atoms with E-state index in [0.717, 1.165) is 0 Å². The highest BCUT2D eigenvalue weighted by molar-refractivity contribution is 6.01. The number of alkyl halides is 1. The molecule has 0 heterocycles. The number of ether oxygens (including phenoxy) is 2. The fraction of sp³-hybridized carbons (Fsp3) is 0.548. The Kier molecular flexibility index (Phi) is 8.98. The summed E-state index contributed by atoms with van der Waals surface area (Å²) in [6, 6.07) is 5.74. The molecule has 0 spiro atoms. The highest BCUT2D eigenvalue weighted by Gasteiger charge is 2.76. The molecule has 1 amide bonds. The van der Waals surface area contributed by atoms with Gasteiger partial charge in [0.15, 0.2) is 23.7 Å². The normalized spacial score (nSPS) is 36.3. The second kappa shape index (κ2) is 12.2. The molecule has 0 aromatic heterocycles. The van der Waals surface area contributed by atoms with Crippen LogP contribution in [0.25, 0.3) is 0 Å². The molecule has 0 saturated heterocycles. The molecular formula is C31H37FN2O12. The number of carbonyl (C=O) groups is 4. The number of allylic oxidation sites excluding steroid dienone is 4. The Morgan fingerprint density at radius 3 is 2.46 bits per heavy atom. The number of carbonyl (C=O) groups excluding carboxylic acids is 4. The number of ketones is 2. The van der Waals surface area contributed by atoms with Crippen molar-refractivity contribution in [2.75, 3.05) is 13.2 Å². The van der Waals surface area contributed by atoms with E-state index in [0.29, 0.717) is 17.6 Å². The summed E-state index contributed by atoms with van der Waals surface area (Å²) in [5, 5.41) is 53.1. The molecule has 250 valence electrons. The summed E-state index contributed by atoms with van der Waals surface area (Å²) in [5.41, 5.74) is -6.36. The van der Waals surface area contributed by atoms with Crippen LogP contribution >= 0.6 is 0 Å². The van der Waals surface area contributed by atoms with Gasteiger partial charge in [-0.15, -0.1) is 0 Å². The van der Waals surface area contributed by atoms with Crippen LogP contribution in [0.5, 0.6) is 5.75 Å². The lowest BCUT2D eigenvalue weighted by Gasteiger charge is -2.62. The number of nitrogens with one attached hydrogen (secondary N) is 1. The second-order valence-corrected chi connectivity index (χ2v) is 12.8. The van der Waals surface area contributed by atoms with Crippen molar-refractivity contribution in [2.45, 2.75) is 69.6 Å². The molecule has 5 rings (SSSR count). The highest BCUT2D eigenvalue weighted by atomic mass is 19.1. The number of aliphatic hydroxyl groups is 3. The van der Waals surface area contributed by atoms with E-state index in [1.54, 1.807) is 6.92 Å². The summed E-state index contributed by atoms with van der Waals surface area (Å²) in [4.78, 5) is 54.4. The van der Waals surface area contributed by atoms with Crippen LogP contribution in [0.15, 0.2) is 48.1 Å². The van der Waals surface area contributed by atoms with Gasteiger partial charge in [0.2, 0.25) is 5.78 Å². The summed E-state index contributed by atoms with van der Waals surface area (Å²) in [6.45, 7) is 1.33. The van der Waals surface area contributed by atoms with E-state index in [-0.39, 0.29) is 37.4 Å². The molecule has 46 heavy (non-hydrogen) atoms. The average molecular weight is 649 g/mol. The number of amides is 1. The van der Waals surface area contributed by atoms with Gasteiger partial charge in [-0.25, -0.2) is 14.0 Å². The Labute approximate surface area is 262 Å². The van der Waals surface area contributed by atoms with Crippen LogP contribution in [0, 0.1) is 22.7 Å². The molecule has 0 radical (unpaired) electrons. The van der Waals surface area contributed by atoms with Gasteiger partial charge in [-0.05, 0) is 68.4 Å². The first-order chi connectivity index (χ1) is 21.6. The number of halogens is 1. The molecule has 6 N–H and O–H groups in total. The minimum Gasteiger partial charge on any atom is -0.456 e.